The van der Waals surface area contributed by atoms with Gasteiger partial charge in [0.1, 0.15) is 0 Å². The predicted octanol–water partition coefficient (Wildman–Crippen LogP) is 3.28. The van der Waals surface area contributed by atoms with E-state index in [-0.39, 0.29) is 5.41 Å². The molecule has 1 heteroatoms. The molecule has 0 aromatic heterocycles. The van der Waals surface area contributed by atoms with E-state index in [9.17, 15) is 0 Å². The Kier molecular flexibility index (Phi) is 3.32. The molecule has 0 atom stereocenters. The Labute approximate surface area is 69.7 Å². The number of allylic oxidation sites excluding steroid dienone is 2. The highest BCUT2D eigenvalue weighted by atomic mass is 14.3. The zero-order chi connectivity index (χ0) is 9.07. The van der Waals surface area contributed by atoms with Gasteiger partial charge in [-0.15, -0.1) is 0 Å². The van der Waals surface area contributed by atoms with Gasteiger partial charge in [0.05, 0.1) is 6.07 Å². The van der Waals surface area contributed by atoms with Gasteiger partial charge in [-0.05, 0) is 25.7 Å². The Balaban J connectivity index is 4.39. The highest BCUT2D eigenvalue weighted by molar-refractivity contribution is 5.26. The summed E-state index contributed by atoms with van der Waals surface area (Å²) >= 11 is 0. The maximum absolute atomic E-state index is 8.75. The van der Waals surface area contributed by atoms with Crippen molar-refractivity contribution in [3.05, 3.63) is 11.1 Å². The number of hydrogen-bond acceptors (Lipinski definition) is 1. The van der Waals surface area contributed by atoms with Crippen LogP contribution in [0.4, 0.5) is 0 Å². The molecule has 0 amide bonds. The lowest BCUT2D eigenvalue weighted by molar-refractivity contribution is 0.412. The summed E-state index contributed by atoms with van der Waals surface area (Å²) in [5.74, 6) is 0. The first-order chi connectivity index (χ1) is 4.87. The van der Waals surface area contributed by atoms with Crippen molar-refractivity contribution in [2.24, 2.45) is 5.41 Å². The normalized spacial score (nSPS) is 10.5. The van der Waals surface area contributed by atoms with Gasteiger partial charge in [0.25, 0.3) is 0 Å². The van der Waals surface area contributed by atoms with Gasteiger partial charge >= 0.3 is 0 Å². The van der Waals surface area contributed by atoms with Gasteiger partial charge in [-0.1, -0.05) is 26.3 Å². The van der Waals surface area contributed by atoms with Crippen LogP contribution in [0.2, 0.25) is 0 Å². The van der Waals surface area contributed by atoms with E-state index in [2.05, 4.69) is 26.8 Å². The third-order valence-corrected chi connectivity index (χ3v) is 1.45. The Bertz CT molecular complexity index is 194. The van der Waals surface area contributed by atoms with Crippen LogP contribution < -0.4 is 0 Å². The Hall–Kier alpha value is -0.770. The molecular formula is C10H17N. The molecule has 0 rings (SSSR count). The molecule has 0 spiro atoms. The third kappa shape index (κ3) is 4.61. The van der Waals surface area contributed by atoms with E-state index in [1.165, 1.54) is 0 Å². The summed E-state index contributed by atoms with van der Waals surface area (Å²) in [5, 5.41) is 8.75. The molecule has 0 aliphatic rings. The first-order valence-corrected chi connectivity index (χ1v) is 3.93. The zero-order valence-corrected chi connectivity index (χ0v) is 8.15. The molecule has 0 fully saturated rings. The molecule has 0 bridgehead atoms. The van der Waals surface area contributed by atoms with Gasteiger partial charge in [0.2, 0.25) is 0 Å². The molecule has 0 unspecified atom stereocenters. The summed E-state index contributed by atoms with van der Waals surface area (Å²) in [6.07, 6.45) is 0.881. The second kappa shape index (κ2) is 3.57. The molecule has 0 radical (unpaired) electrons. The fraction of sp³-hybridized carbons (Fsp3) is 0.700. The van der Waals surface area contributed by atoms with Gasteiger partial charge < -0.3 is 0 Å². The maximum Gasteiger partial charge on any atom is 0.0946 e. The summed E-state index contributed by atoms with van der Waals surface area (Å²) in [4.78, 5) is 0. The van der Waals surface area contributed by atoms with Gasteiger partial charge in [-0.2, -0.15) is 5.26 Å². The summed E-state index contributed by atoms with van der Waals surface area (Å²) in [6, 6.07) is 2.24. The largest absolute Gasteiger partial charge is 0.193 e. The smallest absolute Gasteiger partial charge is 0.0946 e. The minimum atomic E-state index is 0.225. The number of rotatable bonds is 1. The summed E-state index contributed by atoms with van der Waals surface area (Å²) in [6.45, 7) is 10.4. The molecule has 0 aliphatic carbocycles. The number of nitrogens with zero attached hydrogens (tertiary/aromatic N) is 1. The molecule has 0 aliphatic heterocycles. The van der Waals surface area contributed by atoms with E-state index >= 15 is 0 Å². The van der Waals surface area contributed by atoms with E-state index < -0.39 is 0 Å². The van der Waals surface area contributed by atoms with Crippen molar-refractivity contribution in [3.8, 4) is 6.07 Å². The van der Waals surface area contributed by atoms with Crippen LogP contribution in [0, 0.1) is 16.7 Å². The minimum Gasteiger partial charge on any atom is -0.193 e. The first-order valence-electron chi connectivity index (χ1n) is 3.93. The predicted molar refractivity (Wildman–Crippen MR) is 48.1 cm³/mol. The van der Waals surface area contributed by atoms with Crippen molar-refractivity contribution in [2.45, 2.75) is 41.0 Å². The molecule has 0 heterocycles. The van der Waals surface area contributed by atoms with Crippen LogP contribution in [0.5, 0.6) is 0 Å². The molecule has 11 heavy (non-hydrogen) atoms. The van der Waals surface area contributed by atoms with Gasteiger partial charge in [0.15, 0.2) is 0 Å². The molecule has 0 saturated carbocycles. The molecule has 0 N–H and O–H groups in total. The average Bonchev–Trinajstić information content (AvgIpc) is 1.80. The monoisotopic (exact) mass is 151 g/mol. The second-order valence-electron chi connectivity index (χ2n) is 4.33. The van der Waals surface area contributed by atoms with Crippen molar-refractivity contribution in [3.63, 3.8) is 0 Å². The topological polar surface area (TPSA) is 23.8 Å². The van der Waals surface area contributed by atoms with Crippen LogP contribution in [0.1, 0.15) is 41.0 Å². The maximum atomic E-state index is 8.75. The van der Waals surface area contributed by atoms with Crippen LogP contribution >= 0.6 is 0 Å². The Morgan fingerprint density at radius 2 is 1.73 bits per heavy atom. The van der Waals surface area contributed by atoms with Gasteiger partial charge in [0, 0.05) is 5.57 Å². The fourth-order valence-electron chi connectivity index (χ4n) is 0.858. The first kappa shape index (κ1) is 10.2. The average molecular weight is 151 g/mol. The summed E-state index contributed by atoms with van der Waals surface area (Å²) in [5.41, 5.74) is 2.29. The number of nitriles is 1. The lowest BCUT2D eigenvalue weighted by Crippen LogP contribution is -2.06. The summed E-state index contributed by atoms with van der Waals surface area (Å²) in [7, 11) is 0. The van der Waals surface area contributed by atoms with Gasteiger partial charge in [-0.25, -0.2) is 0 Å². The van der Waals surface area contributed by atoms with Crippen LogP contribution in [-0.2, 0) is 0 Å². The zero-order valence-electron chi connectivity index (χ0n) is 8.15. The van der Waals surface area contributed by atoms with Crippen molar-refractivity contribution in [2.75, 3.05) is 0 Å². The fourth-order valence-corrected chi connectivity index (χ4v) is 0.858. The van der Waals surface area contributed by atoms with E-state index in [1.807, 2.05) is 13.8 Å². The quantitative estimate of drug-likeness (QED) is 0.527. The second-order valence-corrected chi connectivity index (χ2v) is 4.33. The highest BCUT2D eigenvalue weighted by Crippen LogP contribution is 2.25. The highest BCUT2D eigenvalue weighted by Gasteiger charge is 2.13. The van der Waals surface area contributed by atoms with Crippen molar-refractivity contribution >= 4 is 0 Å². The SMILES string of the molecule is CC(C)=C(C#N)CC(C)(C)C. The van der Waals surface area contributed by atoms with Crippen molar-refractivity contribution < 1.29 is 0 Å². The molecule has 0 saturated heterocycles. The van der Waals surface area contributed by atoms with Crippen molar-refractivity contribution in [1.82, 2.24) is 0 Å². The van der Waals surface area contributed by atoms with E-state index in [0.29, 0.717) is 0 Å². The molecule has 0 aromatic rings. The van der Waals surface area contributed by atoms with Crippen molar-refractivity contribution in [1.29, 1.82) is 5.26 Å². The van der Waals surface area contributed by atoms with Crippen LogP contribution in [0.3, 0.4) is 0 Å². The van der Waals surface area contributed by atoms with Crippen LogP contribution in [-0.4, -0.2) is 0 Å². The Morgan fingerprint density at radius 1 is 1.27 bits per heavy atom. The molecule has 0 aromatic carbocycles. The minimum absolute atomic E-state index is 0.225. The Morgan fingerprint density at radius 3 is 1.82 bits per heavy atom. The van der Waals surface area contributed by atoms with Crippen LogP contribution in [0.25, 0.3) is 0 Å². The molecule has 62 valence electrons. The van der Waals surface area contributed by atoms with E-state index in [1.54, 1.807) is 0 Å². The summed E-state index contributed by atoms with van der Waals surface area (Å²) < 4.78 is 0. The van der Waals surface area contributed by atoms with Gasteiger partial charge in [-0.3, -0.25) is 0 Å². The lowest BCUT2D eigenvalue weighted by atomic mass is 9.87. The lowest BCUT2D eigenvalue weighted by Gasteiger charge is -2.17. The standard InChI is InChI=1S/C10H17N/c1-8(2)9(7-11)6-10(3,4)5/h6H2,1-5H3. The molecular weight excluding hydrogens is 134 g/mol. The van der Waals surface area contributed by atoms with E-state index in [0.717, 1.165) is 17.6 Å². The van der Waals surface area contributed by atoms with Crippen LogP contribution in [0.15, 0.2) is 11.1 Å². The van der Waals surface area contributed by atoms with E-state index in [4.69, 9.17) is 5.26 Å². The number of hydrogen-bond donors (Lipinski definition) is 0. The molecule has 1 nitrogen and oxygen atoms in total. The third-order valence-electron chi connectivity index (χ3n) is 1.45.